The van der Waals surface area contributed by atoms with Gasteiger partial charge in [-0.1, -0.05) is 30.0 Å². The Morgan fingerprint density at radius 3 is 2.63 bits per heavy atom. The highest BCUT2D eigenvalue weighted by Gasteiger charge is 2.30. The van der Waals surface area contributed by atoms with Gasteiger partial charge in [-0.2, -0.15) is 4.98 Å². The lowest BCUT2D eigenvalue weighted by Gasteiger charge is -2.24. The average Bonchev–Trinajstić information content (AvgIpc) is 3.28. The van der Waals surface area contributed by atoms with Gasteiger partial charge < -0.3 is 9.47 Å². The van der Waals surface area contributed by atoms with Gasteiger partial charge in [0.25, 0.3) is 11.5 Å². The highest BCUT2D eigenvalue weighted by molar-refractivity contribution is 7.98. The van der Waals surface area contributed by atoms with Crippen molar-refractivity contribution in [3.05, 3.63) is 81.2 Å². The number of carbonyl (C=O) groups excluding carboxylic acids is 1. The molecule has 178 valence electrons. The zero-order chi connectivity index (χ0) is 24.5. The molecule has 35 heavy (non-hydrogen) atoms. The number of hydrogen-bond donors (Lipinski definition) is 0. The molecule has 4 aromatic rings. The molecule has 2 heterocycles. The Hall–Kier alpha value is -3.99. The number of methoxy groups -OCH3 is 2. The van der Waals surface area contributed by atoms with Crippen LogP contribution in [0.5, 0.6) is 11.5 Å². The zero-order valence-corrected chi connectivity index (χ0v) is 19.8. The molecule has 1 aliphatic carbocycles. The molecule has 2 aromatic carbocycles. The molecule has 0 aliphatic heterocycles. The molecule has 1 atom stereocenters. The van der Waals surface area contributed by atoms with Gasteiger partial charge in [0.05, 0.1) is 30.4 Å². The summed E-state index contributed by atoms with van der Waals surface area (Å²) in [6, 6.07) is 12.0. The predicted molar refractivity (Wildman–Crippen MR) is 128 cm³/mol. The van der Waals surface area contributed by atoms with E-state index in [2.05, 4.69) is 15.1 Å². The molecule has 0 bridgehead atoms. The SMILES string of the molecule is COc1ccc([C@H]2CC(=O)c3cn4nc(SCc5ccc([N+](=O)[O-])cc5)nc4nc3C2)c(OC)c1. The second kappa shape index (κ2) is 9.34. The Balaban J connectivity index is 1.37. The van der Waals surface area contributed by atoms with Crippen LogP contribution in [0.2, 0.25) is 0 Å². The van der Waals surface area contributed by atoms with E-state index in [0.717, 1.165) is 11.1 Å². The highest BCUT2D eigenvalue weighted by Crippen LogP contribution is 2.38. The van der Waals surface area contributed by atoms with Crippen molar-refractivity contribution in [3.8, 4) is 11.5 Å². The van der Waals surface area contributed by atoms with Crippen LogP contribution >= 0.6 is 11.8 Å². The van der Waals surface area contributed by atoms with Gasteiger partial charge in [-0.05, 0) is 23.6 Å². The number of rotatable bonds is 7. The van der Waals surface area contributed by atoms with Crippen LogP contribution in [-0.2, 0) is 12.2 Å². The first-order valence-corrected chi connectivity index (χ1v) is 11.8. The number of Topliss-reactive ketones (excluding diaryl/α,β-unsaturated/α-hetero) is 1. The summed E-state index contributed by atoms with van der Waals surface area (Å²) in [4.78, 5) is 32.6. The van der Waals surface area contributed by atoms with Crippen LogP contribution in [0.15, 0.2) is 53.8 Å². The molecule has 5 rings (SSSR count). The average molecular weight is 492 g/mol. The third kappa shape index (κ3) is 4.54. The first-order valence-electron chi connectivity index (χ1n) is 10.8. The number of thioether (sulfide) groups is 1. The summed E-state index contributed by atoms with van der Waals surface area (Å²) in [5.41, 5.74) is 3.15. The minimum atomic E-state index is -0.426. The maximum atomic E-state index is 13.0. The fourth-order valence-electron chi connectivity index (χ4n) is 4.16. The van der Waals surface area contributed by atoms with Gasteiger partial charge in [-0.15, -0.1) is 5.10 Å². The van der Waals surface area contributed by atoms with Gasteiger partial charge in [0.15, 0.2) is 5.78 Å². The largest absolute Gasteiger partial charge is 0.497 e. The minimum Gasteiger partial charge on any atom is -0.497 e. The van der Waals surface area contributed by atoms with Crippen molar-refractivity contribution in [3.63, 3.8) is 0 Å². The van der Waals surface area contributed by atoms with E-state index < -0.39 is 4.92 Å². The van der Waals surface area contributed by atoms with Crippen LogP contribution in [-0.4, -0.2) is 44.5 Å². The van der Waals surface area contributed by atoms with Gasteiger partial charge >= 0.3 is 0 Å². The Labute approximate surface area is 204 Å². The number of benzene rings is 2. The van der Waals surface area contributed by atoms with Gasteiger partial charge in [0.2, 0.25) is 5.16 Å². The van der Waals surface area contributed by atoms with E-state index in [1.807, 2.05) is 18.2 Å². The van der Waals surface area contributed by atoms with Gasteiger partial charge in [0.1, 0.15) is 11.5 Å². The summed E-state index contributed by atoms with van der Waals surface area (Å²) in [5, 5.41) is 15.8. The van der Waals surface area contributed by atoms with E-state index in [-0.39, 0.29) is 17.4 Å². The maximum Gasteiger partial charge on any atom is 0.269 e. The molecule has 2 aromatic heterocycles. The van der Waals surface area contributed by atoms with Gasteiger partial charge in [-0.3, -0.25) is 14.9 Å². The monoisotopic (exact) mass is 491 g/mol. The molecule has 0 fully saturated rings. The van der Waals surface area contributed by atoms with E-state index in [1.54, 1.807) is 32.5 Å². The number of fused-ring (bicyclic) bond motifs is 2. The smallest absolute Gasteiger partial charge is 0.269 e. The lowest BCUT2D eigenvalue weighted by molar-refractivity contribution is -0.384. The molecule has 11 heteroatoms. The fourth-order valence-corrected chi connectivity index (χ4v) is 4.94. The number of nitrogens with zero attached hydrogens (tertiary/aromatic N) is 5. The van der Waals surface area contributed by atoms with Crippen LogP contribution in [0.4, 0.5) is 5.69 Å². The number of ketones is 1. The topological polar surface area (TPSA) is 122 Å². The number of non-ortho nitro benzene ring substituents is 1. The van der Waals surface area contributed by atoms with Crippen LogP contribution in [0.1, 0.15) is 39.5 Å². The van der Waals surface area contributed by atoms with Crippen molar-refractivity contribution >= 4 is 29.0 Å². The van der Waals surface area contributed by atoms with Crippen LogP contribution in [0.25, 0.3) is 5.78 Å². The zero-order valence-electron chi connectivity index (χ0n) is 19.0. The summed E-state index contributed by atoms with van der Waals surface area (Å²) >= 11 is 1.40. The van der Waals surface area contributed by atoms with Crippen LogP contribution in [0.3, 0.4) is 0 Å². The van der Waals surface area contributed by atoms with Crippen LogP contribution in [0, 0.1) is 10.1 Å². The molecule has 10 nitrogen and oxygen atoms in total. The molecule has 0 amide bonds. The summed E-state index contributed by atoms with van der Waals surface area (Å²) in [6.45, 7) is 0. The van der Waals surface area contributed by atoms with E-state index in [4.69, 9.17) is 9.47 Å². The number of carbonyl (C=O) groups is 1. The predicted octanol–water partition coefficient (Wildman–Crippen LogP) is 4.25. The quantitative estimate of drug-likeness (QED) is 0.212. The number of nitro benzene ring substituents is 1. The first kappa shape index (κ1) is 22.8. The summed E-state index contributed by atoms with van der Waals surface area (Å²) in [5.74, 6) is 2.27. The normalized spacial score (nSPS) is 15.1. The molecule has 0 saturated carbocycles. The van der Waals surface area contributed by atoms with Crippen LogP contribution < -0.4 is 9.47 Å². The summed E-state index contributed by atoms with van der Waals surface area (Å²) < 4.78 is 12.4. The van der Waals surface area contributed by atoms with Gasteiger partial charge in [-0.25, -0.2) is 9.50 Å². The molecular weight excluding hydrogens is 470 g/mol. The van der Waals surface area contributed by atoms with Crippen molar-refractivity contribution in [1.29, 1.82) is 0 Å². The summed E-state index contributed by atoms with van der Waals surface area (Å²) in [7, 11) is 3.20. The molecule has 0 N–H and O–H groups in total. The fraction of sp³-hybridized carbons (Fsp3) is 0.250. The number of aromatic nitrogens is 4. The van der Waals surface area contributed by atoms with Crippen molar-refractivity contribution in [2.24, 2.45) is 0 Å². The van der Waals surface area contributed by atoms with Gasteiger partial charge in [0, 0.05) is 42.5 Å². The Morgan fingerprint density at radius 2 is 1.91 bits per heavy atom. The number of ether oxygens (including phenoxy) is 2. The van der Waals surface area contributed by atoms with Crippen molar-refractivity contribution in [2.45, 2.75) is 29.7 Å². The molecule has 0 radical (unpaired) electrons. The number of hydrogen-bond acceptors (Lipinski definition) is 9. The van der Waals surface area contributed by atoms with E-state index >= 15 is 0 Å². The van der Waals surface area contributed by atoms with Crippen molar-refractivity contribution < 1.29 is 19.2 Å². The third-order valence-electron chi connectivity index (χ3n) is 5.96. The molecule has 0 spiro atoms. The molecule has 0 unspecified atom stereocenters. The second-order valence-corrected chi connectivity index (χ2v) is 9.03. The standard InChI is InChI=1S/C24H21N5O5S/c1-33-17-7-8-18(22(11-17)34-2)15-9-20-19(21(30)10-15)12-28-23(25-20)26-24(27-28)35-13-14-3-5-16(6-4-14)29(31)32/h3-8,11-12,15H,9-10,13H2,1-2H3/t15-/m1/s1. The van der Waals surface area contributed by atoms with E-state index in [0.29, 0.717) is 52.3 Å². The third-order valence-corrected chi connectivity index (χ3v) is 6.87. The van der Waals surface area contributed by atoms with E-state index in [1.165, 1.54) is 28.4 Å². The summed E-state index contributed by atoms with van der Waals surface area (Å²) in [6.07, 6.45) is 2.63. The first-order chi connectivity index (χ1) is 16.9. The van der Waals surface area contributed by atoms with Crippen molar-refractivity contribution in [2.75, 3.05) is 14.2 Å². The Kier molecular flexibility index (Phi) is 6.08. The lowest BCUT2D eigenvalue weighted by atomic mass is 9.82. The Bertz CT molecular complexity index is 1440. The number of nitro groups is 1. The Morgan fingerprint density at radius 1 is 1.11 bits per heavy atom. The second-order valence-electron chi connectivity index (χ2n) is 8.09. The highest BCUT2D eigenvalue weighted by atomic mass is 32.2. The molecule has 1 aliphatic rings. The van der Waals surface area contributed by atoms with Crippen molar-refractivity contribution in [1.82, 2.24) is 19.6 Å². The molecular formula is C24H21N5O5S. The minimum absolute atomic E-state index is 0.000830. The molecule has 0 saturated heterocycles. The van der Waals surface area contributed by atoms with E-state index in [9.17, 15) is 14.9 Å². The maximum absolute atomic E-state index is 13.0. The lowest BCUT2D eigenvalue weighted by Crippen LogP contribution is -2.21.